The Morgan fingerprint density at radius 1 is 1.52 bits per heavy atom. The third kappa shape index (κ3) is 4.81. The summed E-state index contributed by atoms with van der Waals surface area (Å²) < 4.78 is 8.34. The fourth-order valence-electron chi connectivity index (χ4n) is 2.75. The van der Waals surface area contributed by atoms with Gasteiger partial charge in [-0.15, -0.1) is 0 Å². The lowest BCUT2D eigenvalue weighted by atomic mass is 10.2. The van der Waals surface area contributed by atoms with Crippen LogP contribution in [0.2, 0.25) is 0 Å². The molecule has 0 saturated carbocycles. The van der Waals surface area contributed by atoms with Crippen molar-refractivity contribution < 1.29 is 19.4 Å². The van der Waals surface area contributed by atoms with Crippen LogP contribution in [0.25, 0.3) is 0 Å². The van der Waals surface area contributed by atoms with Crippen molar-refractivity contribution in [1.29, 1.82) is 0 Å². The zero-order valence-electron chi connectivity index (χ0n) is 13.5. The van der Waals surface area contributed by atoms with Crippen LogP contribution in [-0.4, -0.2) is 52.3 Å². The van der Waals surface area contributed by atoms with Crippen LogP contribution in [0.5, 0.6) is 0 Å². The highest BCUT2D eigenvalue weighted by Crippen LogP contribution is 2.22. The SMILES string of the molecule is CC(C)n1cc(Br)cc1C(=O)N(CCC(=O)O)C[C@@H]1CCCO1. The van der Waals surface area contributed by atoms with E-state index >= 15 is 0 Å². The van der Waals surface area contributed by atoms with Gasteiger partial charge in [0, 0.05) is 36.4 Å². The summed E-state index contributed by atoms with van der Waals surface area (Å²) in [4.78, 5) is 25.4. The smallest absolute Gasteiger partial charge is 0.305 e. The van der Waals surface area contributed by atoms with Gasteiger partial charge in [-0.2, -0.15) is 0 Å². The van der Waals surface area contributed by atoms with Gasteiger partial charge in [-0.3, -0.25) is 9.59 Å². The molecule has 1 aromatic rings. The van der Waals surface area contributed by atoms with Crippen LogP contribution in [0.4, 0.5) is 0 Å². The minimum atomic E-state index is -0.907. The van der Waals surface area contributed by atoms with Crippen LogP contribution in [0, 0.1) is 0 Å². The highest BCUT2D eigenvalue weighted by Gasteiger charge is 2.26. The van der Waals surface area contributed by atoms with Crippen molar-refractivity contribution in [2.45, 2.75) is 45.3 Å². The van der Waals surface area contributed by atoms with E-state index in [1.54, 1.807) is 11.0 Å². The summed E-state index contributed by atoms with van der Waals surface area (Å²) in [6.07, 6.45) is 3.70. The highest BCUT2D eigenvalue weighted by molar-refractivity contribution is 9.10. The van der Waals surface area contributed by atoms with Gasteiger partial charge in [0.2, 0.25) is 0 Å². The minimum absolute atomic E-state index is 0.00125. The van der Waals surface area contributed by atoms with Gasteiger partial charge in [0.15, 0.2) is 0 Å². The fourth-order valence-corrected chi connectivity index (χ4v) is 3.18. The molecule has 0 unspecified atom stereocenters. The Morgan fingerprint density at radius 3 is 2.83 bits per heavy atom. The number of carbonyl (C=O) groups is 2. The third-order valence-corrected chi connectivity index (χ3v) is 4.36. The Bertz CT molecular complexity index is 564. The molecule has 0 spiro atoms. The lowest BCUT2D eigenvalue weighted by Crippen LogP contribution is -2.39. The first-order valence-corrected chi connectivity index (χ1v) is 8.68. The molecule has 128 valence electrons. The molecular weight excluding hydrogens is 364 g/mol. The van der Waals surface area contributed by atoms with E-state index in [1.165, 1.54) is 0 Å². The molecule has 1 aliphatic heterocycles. The summed E-state index contributed by atoms with van der Waals surface area (Å²) >= 11 is 3.41. The Balaban J connectivity index is 2.18. The highest BCUT2D eigenvalue weighted by atomic mass is 79.9. The molecule has 0 aromatic carbocycles. The zero-order valence-corrected chi connectivity index (χ0v) is 15.1. The molecule has 1 aromatic heterocycles. The van der Waals surface area contributed by atoms with E-state index in [-0.39, 0.29) is 31.0 Å². The summed E-state index contributed by atoms with van der Waals surface area (Å²) in [6, 6.07) is 1.93. The van der Waals surface area contributed by atoms with E-state index in [0.717, 1.165) is 17.3 Å². The van der Waals surface area contributed by atoms with Gasteiger partial charge in [-0.1, -0.05) is 0 Å². The van der Waals surface area contributed by atoms with Crippen molar-refractivity contribution in [2.24, 2.45) is 0 Å². The molecule has 23 heavy (non-hydrogen) atoms. The van der Waals surface area contributed by atoms with E-state index in [9.17, 15) is 9.59 Å². The Hall–Kier alpha value is -1.34. The van der Waals surface area contributed by atoms with E-state index in [1.807, 2.05) is 24.6 Å². The molecule has 0 aliphatic carbocycles. The third-order valence-electron chi connectivity index (χ3n) is 3.92. The minimum Gasteiger partial charge on any atom is -0.481 e. The second-order valence-electron chi connectivity index (χ2n) is 6.07. The maximum absolute atomic E-state index is 12.9. The van der Waals surface area contributed by atoms with E-state index < -0.39 is 5.97 Å². The first-order valence-electron chi connectivity index (χ1n) is 7.88. The Labute approximate surface area is 144 Å². The number of ether oxygens (including phenoxy) is 1. The molecule has 0 radical (unpaired) electrons. The van der Waals surface area contributed by atoms with Crippen molar-refractivity contribution in [3.05, 3.63) is 22.4 Å². The number of nitrogens with zero attached hydrogens (tertiary/aromatic N) is 2. The molecule has 1 aliphatic rings. The lowest BCUT2D eigenvalue weighted by Gasteiger charge is -2.26. The molecule has 1 fully saturated rings. The van der Waals surface area contributed by atoms with Gasteiger partial charge in [0.1, 0.15) is 5.69 Å². The van der Waals surface area contributed by atoms with Crippen LogP contribution in [0.1, 0.15) is 49.6 Å². The number of carboxylic acid groups (broad SMARTS) is 1. The van der Waals surface area contributed by atoms with Crippen LogP contribution < -0.4 is 0 Å². The molecule has 2 rings (SSSR count). The number of aromatic nitrogens is 1. The van der Waals surface area contributed by atoms with Crippen LogP contribution >= 0.6 is 15.9 Å². The van der Waals surface area contributed by atoms with Crippen molar-refractivity contribution >= 4 is 27.8 Å². The lowest BCUT2D eigenvalue weighted by molar-refractivity contribution is -0.137. The van der Waals surface area contributed by atoms with E-state index in [2.05, 4.69) is 15.9 Å². The van der Waals surface area contributed by atoms with Crippen molar-refractivity contribution in [3.8, 4) is 0 Å². The number of hydrogen-bond donors (Lipinski definition) is 1. The number of amides is 1. The molecule has 0 bridgehead atoms. The first kappa shape index (κ1) is 18.0. The van der Waals surface area contributed by atoms with Gasteiger partial charge in [0.05, 0.1) is 12.5 Å². The predicted molar refractivity (Wildman–Crippen MR) is 89.6 cm³/mol. The van der Waals surface area contributed by atoms with Crippen molar-refractivity contribution in [1.82, 2.24) is 9.47 Å². The second kappa shape index (κ2) is 7.97. The van der Waals surface area contributed by atoms with Crippen LogP contribution in [0.3, 0.4) is 0 Å². The monoisotopic (exact) mass is 386 g/mol. The van der Waals surface area contributed by atoms with E-state index in [4.69, 9.17) is 9.84 Å². The van der Waals surface area contributed by atoms with Gasteiger partial charge in [-0.05, 0) is 48.7 Å². The predicted octanol–water partition coefficient (Wildman–Crippen LogP) is 2.93. The quantitative estimate of drug-likeness (QED) is 0.781. The summed E-state index contributed by atoms with van der Waals surface area (Å²) in [7, 11) is 0. The van der Waals surface area contributed by atoms with Crippen molar-refractivity contribution in [2.75, 3.05) is 19.7 Å². The maximum atomic E-state index is 12.9. The van der Waals surface area contributed by atoms with Crippen molar-refractivity contribution in [3.63, 3.8) is 0 Å². The summed E-state index contributed by atoms with van der Waals surface area (Å²) in [6.45, 7) is 5.34. The Kier molecular flexibility index (Phi) is 6.24. The molecule has 1 amide bonds. The number of rotatable bonds is 7. The molecular formula is C16H23BrN2O4. The summed E-state index contributed by atoms with van der Waals surface area (Å²) in [5.41, 5.74) is 0.565. The Morgan fingerprint density at radius 2 is 2.26 bits per heavy atom. The fraction of sp³-hybridized carbons (Fsp3) is 0.625. The number of hydrogen-bond acceptors (Lipinski definition) is 3. The molecule has 1 N–H and O–H groups in total. The van der Waals surface area contributed by atoms with E-state index in [0.29, 0.717) is 18.8 Å². The maximum Gasteiger partial charge on any atom is 0.305 e. The molecule has 6 nitrogen and oxygen atoms in total. The standard InChI is InChI=1S/C16H23BrN2O4/c1-11(2)19-9-12(17)8-14(19)16(22)18(6-5-15(20)21)10-13-4-3-7-23-13/h8-9,11,13H,3-7,10H2,1-2H3,(H,20,21)/t13-/m0/s1. The van der Waals surface area contributed by atoms with Gasteiger partial charge in [0.25, 0.3) is 5.91 Å². The largest absolute Gasteiger partial charge is 0.481 e. The number of carbonyl (C=O) groups excluding carboxylic acids is 1. The van der Waals surface area contributed by atoms with Crippen LogP contribution in [-0.2, 0) is 9.53 Å². The summed E-state index contributed by atoms with van der Waals surface area (Å²) in [5.74, 6) is -1.06. The normalized spacial score (nSPS) is 17.7. The molecule has 7 heteroatoms. The van der Waals surface area contributed by atoms with Gasteiger partial charge in [-0.25, -0.2) is 0 Å². The van der Waals surface area contributed by atoms with Gasteiger partial charge < -0.3 is 19.3 Å². The topological polar surface area (TPSA) is 71.8 Å². The summed E-state index contributed by atoms with van der Waals surface area (Å²) in [5, 5.41) is 8.94. The molecule has 1 saturated heterocycles. The van der Waals surface area contributed by atoms with Gasteiger partial charge >= 0.3 is 5.97 Å². The average molecular weight is 387 g/mol. The average Bonchev–Trinajstić information content (AvgIpc) is 3.11. The zero-order chi connectivity index (χ0) is 17.0. The molecule has 1 atom stereocenters. The first-order chi connectivity index (χ1) is 10.9. The molecule has 2 heterocycles. The number of carboxylic acids is 1. The van der Waals surface area contributed by atoms with Crippen LogP contribution in [0.15, 0.2) is 16.7 Å². The number of aliphatic carboxylic acids is 1. The second-order valence-corrected chi connectivity index (χ2v) is 6.99. The number of halogens is 1.